The Kier molecular flexibility index (Phi) is 3.49. The van der Waals surface area contributed by atoms with Crippen LogP contribution in [0, 0.1) is 6.92 Å². The molecule has 1 aromatic rings. The third-order valence-electron chi connectivity index (χ3n) is 2.27. The van der Waals surface area contributed by atoms with E-state index in [-0.39, 0.29) is 5.75 Å². The number of aliphatic hydroxyl groups is 1. The van der Waals surface area contributed by atoms with Gasteiger partial charge in [0.25, 0.3) is 0 Å². The molecular formula is C11H16O3. The predicted molar refractivity (Wildman–Crippen MR) is 54.3 cm³/mol. The largest absolute Gasteiger partial charge is 0.507 e. The van der Waals surface area contributed by atoms with Crippen LogP contribution in [0.25, 0.3) is 0 Å². The zero-order valence-electron chi connectivity index (χ0n) is 8.69. The number of phenolic OH excluding ortho intramolecular Hbond substituents is 1. The molecule has 0 bridgehead atoms. The molecule has 78 valence electrons. The summed E-state index contributed by atoms with van der Waals surface area (Å²) in [7, 11) is 1.51. The summed E-state index contributed by atoms with van der Waals surface area (Å²) in [6, 6.07) is 5.40. The molecule has 0 saturated heterocycles. The van der Waals surface area contributed by atoms with Gasteiger partial charge >= 0.3 is 0 Å². The van der Waals surface area contributed by atoms with Crippen LogP contribution in [0.5, 0.6) is 5.75 Å². The number of aryl methyl sites for hydroxylation is 1. The first kappa shape index (κ1) is 11.0. The molecule has 0 aliphatic carbocycles. The van der Waals surface area contributed by atoms with Crippen LogP contribution in [-0.2, 0) is 4.74 Å². The van der Waals surface area contributed by atoms with Gasteiger partial charge in [0.2, 0.25) is 0 Å². The number of hydrogen-bond donors (Lipinski definition) is 2. The third kappa shape index (κ3) is 2.05. The predicted octanol–water partition coefficient (Wildman–Crippen LogP) is 1.77. The molecule has 0 radical (unpaired) electrons. The van der Waals surface area contributed by atoms with Crippen LogP contribution in [0.1, 0.15) is 24.2 Å². The molecule has 1 aromatic carbocycles. The van der Waals surface area contributed by atoms with E-state index in [9.17, 15) is 10.2 Å². The fourth-order valence-corrected chi connectivity index (χ4v) is 1.50. The Morgan fingerprint density at radius 3 is 2.50 bits per heavy atom. The Labute approximate surface area is 84.0 Å². The summed E-state index contributed by atoms with van der Waals surface area (Å²) < 4.78 is 5.12. The van der Waals surface area contributed by atoms with Gasteiger partial charge in [-0.2, -0.15) is 0 Å². The minimum Gasteiger partial charge on any atom is -0.507 e. The summed E-state index contributed by atoms with van der Waals surface area (Å²) in [6.45, 7) is 3.45. The summed E-state index contributed by atoms with van der Waals surface area (Å²) in [5.74, 6) is 0.195. The molecule has 2 atom stereocenters. The first-order valence-corrected chi connectivity index (χ1v) is 4.57. The van der Waals surface area contributed by atoms with E-state index >= 15 is 0 Å². The Morgan fingerprint density at radius 1 is 1.36 bits per heavy atom. The average Bonchev–Trinajstić information content (AvgIpc) is 2.13. The number of ether oxygens (including phenoxy) is 1. The maximum atomic E-state index is 9.76. The molecule has 0 heterocycles. The minimum atomic E-state index is -0.646. The number of aliphatic hydroxyl groups excluding tert-OH is 1. The van der Waals surface area contributed by atoms with Crippen LogP contribution >= 0.6 is 0 Å². The van der Waals surface area contributed by atoms with E-state index in [1.165, 1.54) is 7.11 Å². The lowest BCUT2D eigenvalue weighted by Gasteiger charge is -2.20. The molecule has 2 N–H and O–H groups in total. The molecular weight excluding hydrogens is 180 g/mol. The number of benzene rings is 1. The summed E-state index contributed by atoms with van der Waals surface area (Å²) in [5.41, 5.74) is 1.41. The van der Waals surface area contributed by atoms with Gasteiger partial charge in [0.1, 0.15) is 11.9 Å². The van der Waals surface area contributed by atoms with Crippen molar-refractivity contribution in [2.45, 2.75) is 26.1 Å². The minimum absolute atomic E-state index is 0.195. The highest BCUT2D eigenvalue weighted by atomic mass is 16.5. The van der Waals surface area contributed by atoms with Crippen molar-refractivity contribution in [2.75, 3.05) is 7.11 Å². The molecule has 14 heavy (non-hydrogen) atoms. The normalized spacial score (nSPS) is 15.1. The Balaban J connectivity index is 3.10. The first-order chi connectivity index (χ1) is 6.57. The van der Waals surface area contributed by atoms with Crippen LogP contribution in [0.2, 0.25) is 0 Å². The average molecular weight is 196 g/mol. The molecule has 3 heteroatoms. The van der Waals surface area contributed by atoms with Gasteiger partial charge in [0.05, 0.1) is 6.10 Å². The van der Waals surface area contributed by atoms with Crippen molar-refractivity contribution in [3.8, 4) is 5.75 Å². The fraction of sp³-hybridized carbons (Fsp3) is 0.455. The molecule has 0 spiro atoms. The maximum Gasteiger partial charge on any atom is 0.124 e. The second-order valence-electron chi connectivity index (χ2n) is 3.41. The summed E-state index contributed by atoms with van der Waals surface area (Å²) >= 11 is 0. The van der Waals surface area contributed by atoms with Gasteiger partial charge in [0, 0.05) is 12.7 Å². The summed E-state index contributed by atoms with van der Waals surface area (Å²) in [5, 5.41) is 19.2. The van der Waals surface area contributed by atoms with Gasteiger partial charge in [0.15, 0.2) is 0 Å². The highest BCUT2D eigenvalue weighted by molar-refractivity contribution is 5.41. The van der Waals surface area contributed by atoms with Gasteiger partial charge in [-0.1, -0.05) is 18.2 Å². The van der Waals surface area contributed by atoms with Crippen LogP contribution in [0.4, 0.5) is 0 Å². The zero-order valence-corrected chi connectivity index (χ0v) is 8.69. The Morgan fingerprint density at radius 2 is 2.00 bits per heavy atom. The molecule has 0 aliphatic heterocycles. The van der Waals surface area contributed by atoms with E-state index in [0.717, 1.165) is 5.56 Å². The smallest absolute Gasteiger partial charge is 0.124 e. The van der Waals surface area contributed by atoms with Crippen LogP contribution < -0.4 is 0 Å². The number of methoxy groups -OCH3 is 1. The van der Waals surface area contributed by atoms with E-state index < -0.39 is 12.2 Å². The van der Waals surface area contributed by atoms with Crippen molar-refractivity contribution in [2.24, 2.45) is 0 Å². The van der Waals surface area contributed by atoms with Crippen molar-refractivity contribution in [3.63, 3.8) is 0 Å². The van der Waals surface area contributed by atoms with E-state index in [4.69, 9.17) is 4.74 Å². The number of hydrogen-bond acceptors (Lipinski definition) is 3. The molecule has 0 saturated carbocycles. The summed E-state index contributed by atoms with van der Waals surface area (Å²) in [6.07, 6.45) is -1.12. The van der Waals surface area contributed by atoms with Gasteiger partial charge in [-0.05, 0) is 19.4 Å². The number of rotatable bonds is 3. The zero-order chi connectivity index (χ0) is 10.7. The van der Waals surface area contributed by atoms with Crippen molar-refractivity contribution >= 4 is 0 Å². The molecule has 0 amide bonds. The van der Waals surface area contributed by atoms with Gasteiger partial charge in [-0.25, -0.2) is 0 Å². The van der Waals surface area contributed by atoms with Gasteiger partial charge in [-0.15, -0.1) is 0 Å². The van der Waals surface area contributed by atoms with E-state index in [1.54, 1.807) is 13.0 Å². The van der Waals surface area contributed by atoms with Crippen molar-refractivity contribution < 1.29 is 14.9 Å². The lowest BCUT2D eigenvalue weighted by Crippen LogP contribution is -2.16. The molecule has 3 nitrogen and oxygen atoms in total. The van der Waals surface area contributed by atoms with Crippen LogP contribution in [0.3, 0.4) is 0 Å². The Hall–Kier alpha value is -1.06. The van der Waals surface area contributed by atoms with E-state index in [0.29, 0.717) is 5.56 Å². The monoisotopic (exact) mass is 196 g/mol. The summed E-state index contributed by atoms with van der Waals surface area (Å²) in [4.78, 5) is 0. The van der Waals surface area contributed by atoms with E-state index in [2.05, 4.69) is 0 Å². The first-order valence-electron chi connectivity index (χ1n) is 4.57. The molecule has 0 aliphatic rings. The number of para-hydroxylation sites is 1. The second kappa shape index (κ2) is 4.44. The topological polar surface area (TPSA) is 49.7 Å². The SMILES string of the molecule is COC(c1cccc(C)c1O)C(C)O. The Bertz CT molecular complexity index is 307. The fourth-order valence-electron chi connectivity index (χ4n) is 1.50. The lowest BCUT2D eigenvalue weighted by molar-refractivity contribution is -0.00477. The van der Waals surface area contributed by atoms with Gasteiger partial charge < -0.3 is 14.9 Å². The lowest BCUT2D eigenvalue weighted by atomic mass is 10.0. The van der Waals surface area contributed by atoms with Gasteiger partial charge in [-0.3, -0.25) is 0 Å². The van der Waals surface area contributed by atoms with Crippen molar-refractivity contribution in [1.29, 1.82) is 0 Å². The van der Waals surface area contributed by atoms with Crippen molar-refractivity contribution in [1.82, 2.24) is 0 Å². The van der Waals surface area contributed by atoms with E-state index in [1.807, 2.05) is 19.1 Å². The molecule has 1 rings (SSSR count). The van der Waals surface area contributed by atoms with Crippen LogP contribution in [-0.4, -0.2) is 23.4 Å². The van der Waals surface area contributed by atoms with Crippen molar-refractivity contribution in [3.05, 3.63) is 29.3 Å². The highest BCUT2D eigenvalue weighted by Crippen LogP contribution is 2.31. The number of aromatic hydroxyl groups is 1. The molecule has 0 aromatic heterocycles. The second-order valence-corrected chi connectivity index (χ2v) is 3.41. The quantitative estimate of drug-likeness (QED) is 0.774. The standard InChI is InChI=1S/C11H16O3/c1-7-5-4-6-9(10(7)13)11(14-3)8(2)12/h4-6,8,11-13H,1-3H3. The molecule has 0 fully saturated rings. The molecule has 2 unspecified atom stereocenters. The highest BCUT2D eigenvalue weighted by Gasteiger charge is 2.20. The third-order valence-corrected chi connectivity index (χ3v) is 2.27. The van der Waals surface area contributed by atoms with Crippen LogP contribution in [0.15, 0.2) is 18.2 Å². The maximum absolute atomic E-state index is 9.76. The number of phenols is 1.